The second kappa shape index (κ2) is 8.47. The molecule has 0 radical (unpaired) electrons. The molecule has 0 spiro atoms. The van der Waals surface area contributed by atoms with Crippen molar-refractivity contribution in [2.75, 3.05) is 17.2 Å². The summed E-state index contributed by atoms with van der Waals surface area (Å²) in [6.45, 7) is 0.850. The minimum atomic E-state index is 0.206. The number of anilines is 2. The highest BCUT2D eigenvalue weighted by atomic mass is 79.9. The lowest BCUT2D eigenvalue weighted by Gasteiger charge is -2.31. The first-order valence-corrected chi connectivity index (χ1v) is 11.5. The zero-order chi connectivity index (χ0) is 21.4. The fraction of sp³-hybridized carbons (Fsp3) is 0.409. The monoisotopic (exact) mass is 483 g/mol. The van der Waals surface area contributed by atoms with Crippen LogP contribution in [0.3, 0.4) is 0 Å². The smallest absolute Gasteiger partial charge is 0.173 e. The summed E-state index contributed by atoms with van der Waals surface area (Å²) in [4.78, 5) is 9.22. The number of nitrogens with zero attached hydrogens (tertiary/aromatic N) is 5. The molecule has 0 bridgehead atoms. The van der Waals surface area contributed by atoms with Gasteiger partial charge in [0.15, 0.2) is 5.65 Å². The van der Waals surface area contributed by atoms with Crippen LogP contribution in [0.2, 0.25) is 0 Å². The van der Waals surface area contributed by atoms with Gasteiger partial charge in [0.1, 0.15) is 11.6 Å². The molecule has 1 fully saturated rings. The fourth-order valence-electron chi connectivity index (χ4n) is 4.43. The zero-order valence-corrected chi connectivity index (χ0v) is 19.0. The van der Waals surface area contributed by atoms with Crippen LogP contribution in [0.1, 0.15) is 31.2 Å². The molecule has 3 aromatic heterocycles. The second-order valence-electron chi connectivity index (χ2n) is 8.26. The van der Waals surface area contributed by atoms with E-state index >= 15 is 0 Å². The molecule has 9 heteroatoms. The largest absolute Gasteiger partial charge is 0.396 e. The summed E-state index contributed by atoms with van der Waals surface area (Å²) >= 11 is 3.56. The Balaban J connectivity index is 1.41. The Bertz CT molecular complexity index is 1220. The van der Waals surface area contributed by atoms with Crippen LogP contribution in [0.4, 0.5) is 11.6 Å². The Hall–Kier alpha value is -2.65. The maximum absolute atomic E-state index is 9.76. The molecule has 0 aliphatic heterocycles. The molecule has 3 N–H and O–H groups in total. The number of halogens is 1. The van der Waals surface area contributed by atoms with Gasteiger partial charge >= 0.3 is 0 Å². The molecule has 0 amide bonds. The molecule has 162 valence electrons. The molecule has 3 heterocycles. The van der Waals surface area contributed by atoms with Gasteiger partial charge in [0.05, 0.1) is 28.0 Å². The minimum Gasteiger partial charge on any atom is -0.396 e. The Labute approximate surface area is 188 Å². The zero-order valence-electron chi connectivity index (χ0n) is 17.4. The number of aliphatic hydroxyl groups excluding tert-OH is 1. The van der Waals surface area contributed by atoms with Gasteiger partial charge in [-0.1, -0.05) is 18.9 Å². The summed E-state index contributed by atoms with van der Waals surface area (Å²) in [6.07, 6.45) is 8.04. The maximum Gasteiger partial charge on any atom is 0.173 e. The van der Waals surface area contributed by atoms with Crippen molar-refractivity contribution < 1.29 is 5.11 Å². The Morgan fingerprint density at radius 1 is 1.23 bits per heavy atom. The van der Waals surface area contributed by atoms with Gasteiger partial charge in [0, 0.05) is 38.2 Å². The highest BCUT2D eigenvalue weighted by Gasteiger charge is 2.25. The van der Waals surface area contributed by atoms with E-state index in [0.717, 1.165) is 51.2 Å². The molecule has 1 aliphatic carbocycles. The van der Waals surface area contributed by atoms with E-state index in [1.54, 1.807) is 10.7 Å². The van der Waals surface area contributed by atoms with Crippen LogP contribution in [0.5, 0.6) is 0 Å². The molecule has 31 heavy (non-hydrogen) atoms. The van der Waals surface area contributed by atoms with Crippen LogP contribution in [-0.2, 0) is 13.6 Å². The van der Waals surface area contributed by atoms with Gasteiger partial charge in [0.2, 0.25) is 0 Å². The number of aliphatic hydroxyl groups is 1. The van der Waals surface area contributed by atoms with E-state index in [1.807, 2.05) is 24.0 Å². The molecule has 2 atom stereocenters. The molecule has 0 saturated heterocycles. The molecule has 5 rings (SSSR count). The molecular formula is C22H26BrN7O. The first-order valence-electron chi connectivity index (χ1n) is 10.7. The van der Waals surface area contributed by atoms with E-state index in [1.165, 1.54) is 12.8 Å². The summed E-state index contributed by atoms with van der Waals surface area (Å²) in [7, 11) is 2.00. The van der Waals surface area contributed by atoms with Crippen LogP contribution >= 0.6 is 15.9 Å². The SMILES string of the molecule is Cn1cnc2cc(CNc3cc(N[C@H]4CCCC[C@H]4CO)nc4c(Br)cnn34)ccc21. The van der Waals surface area contributed by atoms with Crippen molar-refractivity contribution >= 4 is 44.2 Å². The van der Waals surface area contributed by atoms with Crippen LogP contribution in [-0.4, -0.2) is 41.9 Å². The predicted octanol–water partition coefficient (Wildman–Crippen LogP) is 3.95. The summed E-state index contributed by atoms with van der Waals surface area (Å²) in [5, 5.41) is 21.3. The third kappa shape index (κ3) is 3.99. The van der Waals surface area contributed by atoms with Crippen molar-refractivity contribution in [3.63, 3.8) is 0 Å². The molecule has 8 nitrogen and oxygen atoms in total. The summed E-state index contributed by atoms with van der Waals surface area (Å²) in [5.74, 6) is 1.92. The van der Waals surface area contributed by atoms with Crippen LogP contribution < -0.4 is 10.6 Å². The lowest BCUT2D eigenvalue weighted by Crippen LogP contribution is -2.34. The predicted molar refractivity (Wildman–Crippen MR) is 125 cm³/mol. The van der Waals surface area contributed by atoms with E-state index in [2.05, 4.69) is 54.8 Å². The van der Waals surface area contributed by atoms with Gasteiger partial charge in [0.25, 0.3) is 0 Å². The van der Waals surface area contributed by atoms with Gasteiger partial charge in [-0.3, -0.25) is 0 Å². The first kappa shape index (κ1) is 20.3. The average Bonchev–Trinajstić information content (AvgIpc) is 3.35. The first-order chi connectivity index (χ1) is 15.1. The fourth-order valence-corrected chi connectivity index (χ4v) is 4.77. The number of hydrogen-bond acceptors (Lipinski definition) is 6. The summed E-state index contributed by atoms with van der Waals surface area (Å²) in [6, 6.07) is 8.54. The molecule has 1 aliphatic rings. The average molecular weight is 484 g/mol. The Morgan fingerprint density at radius 3 is 2.97 bits per heavy atom. The number of imidazole rings is 1. The second-order valence-corrected chi connectivity index (χ2v) is 9.12. The van der Waals surface area contributed by atoms with Crippen molar-refractivity contribution in [3.05, 3.63) is 46.8 Å². The molecule has 1 saturated carbocycles. The van der Waals surface area contributed by atoms with Crippen molar-refractivity contribution in [2.24, 2.45) is 13.0 Å². The Kier molecular flexibility index (Phi) is 5.54. The summed E-state index contributed by atoms with van der Waals surface area (Å²) < 4.78 is 4.67. The van der Waals surface area contributed by atoms with Crippen molar-refractivity contribution in [1.82, 2.24) is 24.1 Å². The third-order valence-electron chi connectivity index (χ3n) is 6.17. The van der Waals surface area contributed by atoms with Gasteiger partial charge in [-0.2, -0.15) is 9.61 Å². The minimum absolute atomic E-state index is 0.206. The van der Waals surface area contributed by atoms with Crippen LogP contribution in [0.25, 0.3) is 16.7 Å². The van der Waals surface area contributed by atoms with E-state index in [4.69, 9.17) is 4.98 Å². The maximum atomic E-state index is 9.76. The van der Waals surface area contributed by atoms with Gasteiger partial charge in [-0.25, -0.2) is 9.97 Å². The third-order valence-corrected chi connectivity index (χ3v) is 6.73. The Morgan fingerprint density at radius 2 is 2.10 bits per heavy atom. The highest BCUT2D eigenvalue weighted by Crippen LogP contribution is 2.29. The van der Waals surface area contributed by atoms with Gasteiger partial charge in [-0.15, -0.1) is 0 Å². The lowest BCUT2D eigenvalue weighted by molar-refractivity contribution is 0.178. The number of hydrogen-bond donors (Lipinski definition) is 3. The van der Waals surface area contributed by atoms with Crippen molar-refractivity contribution in [3.8, 4) is 0 Å². The number of rotatable bonds is 6. The number of aryl methyl sites for hydroxylation is 1. The highest BCUT2D eigenvalue weighted by molar-refractivity contribution is 9.10. The van der Waals surface area contributed by atoms with E-state index in [9.17, 15) is 5.11 Å². The standard InChI is InChI=1S/C22H26BrN7O/c1-29-13-25-18-8-14(6-7-19(18)29)10-24-21-9-20(28-22-16(23)11-26-30(21)22)27-17-5-3-2-4-15(17)12-31/h6-9,11,13,15,17,24,31H,2-5,10,12H2,1H3,(H,27,28)/t15-,17-/m0/s1. The van der Waals surface area contributed by atoms with E-state index in [0.29, 0.717) is 6.54 Å². The normalized spacial score (nSPS) is 19.2. The number of aromatic nitrogens is 5. The van der Waals surface area contributed by atoms with Gasteiger partial charge in [-0.05, 0) is 46.5 Å². The van der Waals surface area contributed by atoms with Gasteiger partial charge < -0.3 is 20.3 Å². The number of nitrogens with one attached hydrogen (secondary N) is 2. The van der Waals surface area contributed by atoms with E-state index in [-0.39, 0.29) is 18.6 Å². The number of benzene rings is 1. The topological polar surface area (TPSA) is 92.3 Å². The van der Waals surface area contributed by atoms with Crippen LogP contribution in [0, 0.1) is 5.92 Å². The molecular weight excluding hydrogens is 458 g/mol. The van der Waals surface area contributed by atoms with Crippen molar-refractivity contribution in [1.29, 1.82) is 0 Å². The van der Waals surface area contributed by atoms with Crippen LogP contribution in [0.15, 0.2) is 41.3 Å². The van der Waals surface area contributed by atoms with E-state index < -0.39 is 0 Å². The quantitative estimate of drug-likeness (QED) is 0.384. The molecule has 1 aromatic carbocycles. The van der Waals surface area contributed by atoms with Crippen molar-refractivity contribution in [2.45, 2.75) is 38.3 Å². The molecule has 4 aromatic rings. The summed E-state index contributed by atoms with van der Waals surface area (Å²) in [5.41, 5.74) is 4.00. The number of fused-ring (bicyclic) bond motifs is 2. The molecule has 0 unspecified atom stereocenters. The lowest BCUT2D eigenvalue weighted by atomic mass is 9.85.